The van der Waals surface area contributed by atoms with Gasteiger partial charge in [0.05, 0.1) is 18.1 Å². The van der Waals surface area contributed by atoms with E-state index < -0.39 is 9.84 Å². The second kappa shape index (κ2) is 5.66. The molecule has 1 aromatic heterocycles. The van der Waals surface area contributed by atoms with Gasteiger partial charge in [-0.1, -0.05) is 5.16 Å². The van der Waals surface area contributed by atoms with Crippen LogP contribution in [0.1, 0.15) is 18.1 Å². The first-order valence-electron chi connectivity index (χ1n) is 5.94. The van der Waals surface area contributed by atoms with Gasteiger partial charge in [0.2, 0.25) is 11.8 Å². The average molecular weight is 288 g/mol. The minimum atomic E-state index is -3.02. The minimum Gasteiger partial charge on any atom is -0.347 e. The molecule has 1 amide bonds. The summed E-state index contributed by atoms with van der Waals surface area (Å²) in [4.78, 5) is 15.6. The quantitative estimate of drug-likeness (QED) is 0.713. The number of nitrogens with one attached hydrogen (secondary N) is 2. The SMILES string of the molecule is Cc1noc(CNC(=O)CC2CS(=O)(=O)CCN2)n1. The summed E-state index contributed by atoms with van der Waals surface area (Å²) in [6, 6.07) is -0.330. The van der Waals surface area contributed by atoms with Crippen LogP contribution < -0.4 is 10.6 Å². The van der Waals surface area contributed by atoms with Crippen molar-refractivity contribution in [2.75, 3.05) is 18.1 Å². The molecule has 1 aliphatic heterocycles. The van der Waals surface area contributed by atoms with Gasteiger partial charge in [0.1, 0.15) is 0 Å². The lowest BCUT2D eigenvalue weighted by molar-refractivity contribution is -0.121. The first-order chi connectivity index (χ1) is 8.94. The molecular weight excluding hydrogens is 272 g/mol. The zero-order valence-corrected chi connectivity index (χ0v) is 11.4. The maximum absolute atomic E-state index is 11.7. The van der Waals surface area contributed by atoms with Crippen LogP contribution in [0.2, 0.25) is 0 Å². The van der Waals surface area contributed by atoms with Crippen LogP contribution in [0, 0.1) is 6.92 Å². The Kier molecular flexibility index (Phi) is 4.15. The number of aryl methyl sites for hydroxylation is 1. The number of sulfone groups is 1. The largest absolute Gasteiger partial charge is 0.347 e. The summed E-state index contributed by atoms with van der Waals surface area (Å²) in [5.74, 6) is 0.719. The predicted octanol–water partition coefficient (Wildman–Crippen LogP) is -1.23. The summed E-state index contributed by atoms with van der Waals surface area (Å²) in [6.07, 6.45) is 0.117. The Labute approximate surface area is 110 Å². The fourth-order valence-corrected chi connectivity index (χ4v) is 3.32. The Morgan fingerprint density at radius 3 is 3.00 bits per heavy atom. The summed E-state index contributed by atoms with van der Waals surface area (Å²) in [5.41, 5.74) is 0. The number of hydrogen-bond donors (Lipinski definition) is 2. The fourth-order valence-electron chi connectivity index (χ4n) is 1.88. The first-order valence-corrected chi connectivity index (χ1v) is 7.76. The third-order valence-corrected chi connectivity index (χ3v) is 4.48. The van der Waals surface area contributed by atoms with Crippen molar-refractivity contribution in [1.29, 1.82) is 0 Å². The molecule has 2 N–H and O–H groups in total. The molecule has 8 nitrogen and oxygen atoms in total. The summed E-state index contributed by atoms with van der Waals surface area (Å²) >= 11 is 0. The van der Waals surface area contributed by atoms with Crippen molar-refractivity contribution in [1.82, 2.24) is 20.8 Å². The smallest absolute Gasteiger partial charge is 0.246 e. The predicted molar refractivity (Wildman–Crippen MR) is 65.9 cm³/mol. The number of hydrogen-bond acceptors (Lipinski definition) is 7. The number of carbonyl (C=O) groups is 1. The fraction of sp³-hybridized carbons (Fsp3) is 0.700. The standard InChI is InChI=1S/C10H16N4O4S/c1-7-13-10(18-14-7)5-12-9(15)4-8-6-19(16,17)3-2-11-8/h8,11H,2-6H2,1H3,(H,12,15). The van der Waals surface area contributed by atoms with Gasteiger partial charge in [0.25, 0.3) is 0 Å². The first kappa shape index (κ1) is 13.9. The highest BCUT2D eigenvalue weighted by Crippen LogP contribution is 2.05. The Morgan fingerprint density at radius 1 is 1.58 bits per heavy atom. The molecule has 0 radical (unpaired) electrons. The van der Waals surface area contributed by atoms with Crippen LogP contribution in [0.25, 0.3) is 0 Å². The Hall–Kier alpha value is -1.48. The number of rotatable bonds is 4. The lowest BCUT2D eigenvalue weighted by atomic mass is 10.2. The van der Waals surface area contributed by atoms with Gasteiger partial charge in [-0.15, -0.1) is 0 Å². The van der Waals surface area contributed by atoms with Gasteiger partial charge >= 0.3 is 0 Å². The molecule has 1 fully saturated rings. The third kappa shape index (κ3) is 4.28. The summed E-state index contributed by atoms with van der Waals surface area (Å²) < 4.78 is 27.7. The Bertz CT molecular complexity index is 554. The van der Waals surface area contributed by atoms with Crippen molar-refractivity contribution >= 4 is 15.7 Å². The highest BCUT2D eigenvalue weighted by Gasteiger charge is 2.25. The third-order valence-electron chi connectivity index (χ3n) is 2.74. The second-order valence-corrected chi connectivity index (χ2v) is 6.71. The molecule has 106 valence electrons. The maximum Gasteiger partial charge on any atom is 0.246 e. The molecule has 2 rings (SSSR count). The molecule has 0 bridgehead atoms. The Morgan fingerprint density at radius 2 is 2.37 bits per heavy atom. The van der Waals surface area contributed by atoms with Gasteiger partial charge in [-0.05, 0) is 6.92 Å². The van der Waals surface area contributed by atoms with Crippen LogP contribution in [0.5, 0.6) is 0 Å². The van der Waals surface area contributed by atoms with Gasteiger partial charge < -0.3 is 15.2 Å². The molecule has 19 heavy (non-hydrogen) atoms. The number of carbonyl (C=O) groups excluding carboxylic acids is 1. The molecule has 0 aliphatic carbocycles. The molecule has 0 spiro atoms. The number of aromatic nitrogens is 2. The molecule has 1 aliphatic rings. The van der Waals surface area contributed by atoms with Crippen molar-refractivity contribution in [3.63, 3.8) is 0 Å². The zero-order chi connectivity index (χ0) is 13.9. The van der Waals surface area contributed by atoms with E-state index in [4.69, 9.17) is 4.52 Å². The molecule has 0 aromatic carbocycles. The van der Waals surface area contributed by atoms with Crippen LogP contribution in [-0.2, 0) is 21.2 Å². The molecule has 1 atom stereocenters. The molecule has 9 heteroatoms. The van der Waals surface area contributed by atoms with Crippen LogP contribution in [0.15, 0.2) is 4.52 Å². The van der Waals surface area contributed by atoms with E-state index >= 15 is 0 Å². The van der Waals surface area contributed by atoms with Gasteiger partial charge in [0.15, 0.2) is 15.7 Å². The van der Waals surface area contributed by atoms with Gasteiger partial charge in [-0.25, -0.2) is 8.42 Å². The molecular formula is C10H16N4O4S. The van der Waals surface area contributed by atoms with Crippen LogP contribution in [0.4, 0.5) is 0 Å². The van der Waals surface area contributed by atoms with Crippen molar-refractivity contribution in [3.05, 3.63) is 11.7 Å². The normalized spacial score (nSPS) is 22.1. The monoisotopic (exact) mass is 288 g/mol. The summed E-state index contributed by atoms with van der Waals surface area (Å²) in [7, 11) is -3.02. The van der Waals surface area contributed by atoms with Crippen molar-refractivity contribution in [2.45, 2.75) is 25.9 Å². The van der Waals surface area contributed by atoms with E-state index in [0.717, 1.165) is 0 Å². The molecule has 1 saturated heterocycles. The van der Waals surface area contributed by atoms with Crippen molar-refractivity contribution < 1.29 is 17.7 Å². The van der Waals surface area contributed by atoms with Gasteiger partial charge in [0, 0.05) is 19.0 Å². The van der Waals surface area contributed by atoms with Crippen LogP contribution in [0.3, 0.4) is 0 Å². The minimum absolute atomic E-state index is 0.0000850. The van der Waals surface area contributed by atoms with E-state index in [1.165, 1.54) is 0 Å². The highest BCUT2D eigenvalue weighted by molar-refractivity contribution is 7.91. The van der Waals surface area contributed by atoms with E-state index in [1.54, 1.807) is 6.92 Å². The van der Waals surface area contributed by atoms with E-state index in [9.17, 15) is 13.2 Å². The number of nitrogens with zero attached hydrogens (tertiary/aromatic N) is 2. The van der Waals surface area contributed by atoms with Crippen LogP contribution >= 0.6 is 0 Å². The van der Waals surface area contributed by atoms with E-state index in [1.807, 2.05) is 0 Å². The van der Waals surface area contributed by atoms with Crippen molar-refractivity contribution in [2.24, 2.45) is 0 Å². The average Bonchev–Trinajstić information content (AvgIpc) is 2.71. The second-order valence-electron chi connectivity index (χ2n) is 4.48. The zero-order valence-electron chi connectivity index (χ0n) is 10.5. The van der Waals surface area contributed by atoms with E-state index in [-0.39, 0.29) is 36.4 Å². The van der Waals surface area contributed by atoms with Gasteiger partial charge in [-0.2, -0.15) is 4.98 Å². The van der Waals surface area contributed by atoms with E-state index in [0.29, 0.717) is 18.3 Å². The maximum atomic E-state index is 11.7. The lowest BCUT2D eigenvalue weighted by Gasteiger charge is -2.22. The number of amides is 1. The molecule has 0 saturated carbocycles. The summed E-state index contributed by atoms with van der Waals surface area (Å²) in [5, 5.41) is 9.23. The molecule has 1 unspecified atom stereocenters. The molecule has 2 heterocycles. The van der Waals surface area contributed by atoms with Crippen molar-refractivity contribution in [3.8, 4) is 0 Å². The molecule has 1 aromatic rings. The lowest BCUT2D eigenvalue weighted by Crippen LogP contribution is -2.47. The van der Waals surface area contributed by atoms with Crippen LogP contribution in [-0.4, -0.2) is 48.6 Å². The summed E-state index contributed by atoms with van der Waals surface area (Å²) in [6.45, 7) is 2.23. The van der Waals surface area contributed by atoms with Gasteiger partial charge in [-0.3, -0.25) is 4.79 Å². The van der Waals surface area contributed by atoms with E-state index in [2.05, 4.69) is 20.8 Å². The highest BCUT2D eigenvalue weighted by atomic mass is 32.2. The Balaban J connectivity index is 1.78. The topological polar surface area (TPSA) is 114 Å².